The molecule has 0 atom stereocenters. The molecule has 0 saturated carbocycles. The third kappa shape index (κ3) is 5.50. The molecule has 33 heavy (non-hydrogen) atoms. The van der Waals surface area contributed by atoms with Gasteiger partial charge in [0.25, 0.3) is 16.8 Å². The number of halogens is 1. The van der Waals surface area contributed by atoms with E-state index in [9.17, 15) is 19.7 Å². The first kappa shape index (κ1) is 22.8. The highest BCUT2D eigenvalue weighted by Gasteiger charge is 2.35. The number of non-ortho nitro benzene ring substituents is 1. The Hall–Kier alpha value is -3.43. The molecule has 0 radical (unpaired) electrons. The molecule has 1 aliphatic rings. The van der Waals surface area contributed by atoms with Crippen molar-refractivity contribution in [3.63, 3.8) is 0 Å². The van der Waals surface area contributed by atoms with Crippen molar-refractivity contribution >= 4 is 50.6 Å². The van der Waals surface area contributed by atoms with Crippen molar-refractivity contribution < 1.29 is 19.2 Å². The third-order valence-electron chi connectivity index (χ3n) is 4.87. The first-order valence-corrected chi connectivity index (χ1v) is 11.5. The van der Waals surface area contributed by atoms with Crippen LogP contribution >= 0.6 is 27.7 Å². The minimum absolute atomic E-state index is 0.0120. The minimum Gasteiger partial charge on any atom is -0.488 e. The molecule has 0 unspecified atom stereocenters. The average molecular weight is 525 g/mol. The van der Waals surface area contributed by atoms with Crippen molar-refractivity contribution in [1.29, 1.82) is 0 Å². The first-order valence-electron chi connectivity index (χ1n) is 9.86. The van der Waals surface area contributed by atoms with Gasteiger partial charge in [-0.2, -0.15) is 0 Å². The summed E-state index contributed by atoms with van der Waals surface area (Å²) in [4.78, 5) is 37.2. The number of hydrogen-bond donors (Lipinski definition) is 0. The Kier molecular flexibility index (Phi) is 6.90. The van der Waals surface area contributed by atoms with E-state index in [1.807, 2.05) is 36.4 Å². The zero-order chi connectivity index (χ0) is 23.4. The van der Waals surface area contributed by atoms with E-state index >= 15 is 0 Å². The zero-order valence-corrected chi connectivity index (χ0v) is 19.5. The fourth-order valence-electron chi connectivity index (χ4n) is 3.16. The molecule has 3 aromatic rings. The Morgan fingerprint density at radius 2 is 1.64 bits per heavy atom. The van der Waals surface area contributed by atoms with Crippen molar-refractivity contribution in [2.24, 2.45) is 0 Å². The van der Waals surface area contributed by atoms with Gasteiger partial charge in [0.05, 0.1) is 16.4 Å². The Bertz CT molecular complexity index is 1240. The van der Waals surface area contributed by atoms with E-state index < -0.39 is 4.92 Å². The van der Waals surface area contributed by atoms with Gasteiger partial charge in [-0.25, -0.2) is 0 Å². The van der Waals surface area contributed by atoms with Gasteiger partial charge in [0, 0.05) is 22.2 Å². The number of imide groups is 1. The number of carbonyl (C=O) groups is 2. The quantitative estimate of drug-likeness (QED) is 0.208. The minimum atomic E-state index is -0.455. The standard InChI is InChI=1S/C24H17BrN2O5S/c25-19-9-5-16(6-10-19)14-26-23(28)22(33-24(26)29)13-18-3-1-2-4-21(18)32-15-17-7-11-20(12-8-17)27(30)31/h1-13H,14-15H2/b22-13-. The summed E-state index contributed by atoms with van der Waals surface area (Å²) in [6, 6.07) is 20.7. The molecule has 3 aromatic carbocycles. The predicted molar refractivity (Wildman–Crippen MR) is 130 cm³/mol. The van der Waals surface area contributed by atoms with Gasteiger partial charge in [-0.3, -0.25) is 24.6 Å². The summed E-state index contributed by atoms with van der Waals surface area (Å²) in [5.74, 6) is 0.189. The molecule has 1 aliphatic heterocycles. The normalized spacial score (nSPS) is 14.7. The number of amides is 2. The molecule has 4 rings (SSSR count). The number of rotatable bonds is 7. The second kappa shape index (κ2) is 10.0. The smallest absolute Gasteiger partial charge is 0.293 e. The number of nitro groups is 1. The Labute approximate surface area is 202 Å². The number of nitro benzene ring substituents is 1. The molecular weight excluding hydrogens is 508 g/mol. The lowest BCUT2D eigenvalue weighted by molar-refractivity contribution is -0.384. The molecule has 1 saturated heterocycles. The highest BCUT2D eigenvalue weighted by atomic mass is 79.9. The van der Waals surface area contributed by atoms with E-state index in [2.05, 4.69) is 15.9 Å². The fraction of sp³-hybridized carbons (Fsp3) is 0.0833. The highest BCUT2D eigenvalue weighted by molar-refractivity contribution is 9.10. The second-order valence-corrected chi connectivity index (χ2v) is 9.05. The van der Waals surface area contributed by atoms with Crippen LogP contribution in [-0.2, 0) is 17.9 Å². The van der Waals surface area contributed by atoms with Crippen LogP contribution in [0.1, 0.15) is 16.7 Å². The summed E-state index contributed by atoms with van der Waals surface area (Å²) in [5, 5.41) is 10.5. The molecule has 0 aromatic heterocycles. The third-order valence-corrected chi connectivity index (χ3v) is 6.31. The van der Waals surface area contributed by atoms with Crippen molar-refractivity contribution in [3.05, 3.63) is 109 Å². The highest BCUT2D eigenvalue weighted by Crippen LogP contribution is 2.35. The van der Waals surface area contributed by atoms with Gasteiger partial charge in [0.15, 0.2) is 0 Å². The maximum absolute atomic E-state index is 12.9. The van der Waals surface area contributed by atoms with Crippen LogP contribution in [0.25, 0.3) is 6.08 Å². The average Bonchev–Trinajstić information content (AvgIpc) is 3.07. The summed E-state index contributed by atoms with van der Waals surface area (Å²) in [5.41, 5.74) is 2.30. The summed E-state index contributed by atoms with van der Waals surface area (Å²) in [6.45, 7) is 0.404. The summed E-state index contributed by atoms with van der Waals surface area (Å²) < 4.78 is 6.81. The van der Waals surface area contributed by atoms with Gasteiger partial charge in [-0.1, -0.05) is 46.3 Å². The maximum Gasteiger partial charge on any atom is 0.293 e. The predicted octanol–water partition coefficient (Wildman–Crippen LogP) is 6.17. The molecule has 0 N–H and O–H groups in total. The van der Waals surface area contributed by atoms with Gasteiger partial charge in [-0.05, 0) is 59.3 Å². The van der Waals surface area contributed by atoms with Crippen molar-refractivity contribution in [2.45, 2.75) is 13.2 Å². The number of hydrogen-bond acceptors (Lipinski definition) is 6. The van der Waals surface area contributed by atoms with E-state index in [-0.39, 0.29) is 30.0 Å². The number of carbonyl (C=O) groups excluding carboxylic acids is 2. The van der Waals surface area contributed by atoms with E-state index in [0.717, 1.165) is 27.4 Å². The number of ether oxygens (including phenoxy) is 1. The van der Waals surface area contributed by atoms with Crippen LogP contribution in [0.15, 0.2) is 82.2 Å². The lowest BCUT2D eigenvalue weighted by atomic mass is 10.1. The van der Waals surface area contributed by atoms with Crippen LogP contribution in [0.4, 0.5) is 10.5 Å². The first-order chi connectivity index (χ1) is 15.9. The van der Waals surface area contributed by atoms with Gasteiger partial charge in [0.1, 0.15) is 12.4 Å². The van der Waals surface area contributed by atoms with Crippen molar-refractivity contribution in [2.75, 3.05) is 0 Å². The second-order valence-electron chi connectivity index (χ2n) is 7.14. The molecule has 166 valence electrons. The Morgan fingerprint density at radius 3 is 2.33 bits per heavy atom. The van der Waals surface area contributed by atoms with Crippen LogP contribution in [-0.4, -0.2) is 21.0 Å². The summed E-state index contributed by atoms with van der Waals surface area (Å²) in [7, 11) is 0. The molecule has 7 nitrogen and oxygen atoms in total. The SMILES string of the molecule is O=C1S/C(=C\c2ccccc2OCc2ccc([N+](=O)[O-])cc2)C(=O)N1Cc1ccc(Br)cc1. The molecule has 0 aliphatic carbocycles. The van der Waals surface area contributed by atoms with E-state index in [1.165, 1.54) is 17.0 Å². The molecule has 2 amide bonds. The van der Waals surface area contributed by atoms with Crippen molar-refractivity contribution in [3.8, 4) is 5.75 Å². The molecule has 0 bridgehead atoms. The number of nitrogens with zero attached hydrogens (tertiary/aromatic N) is 2. The van der Waals surface area contributed by atoms with Gasteiger partial charge >= 0.3 is 0 Å². The van der Waals surface area contributed by atoms with Gasteiger partial charge in [0.2, 0.25) is 0 Å². The van der Waals surface area contributed by atoms with E-state index in [0.29, 0.717) is 16.2 Å². The van der Waals surface area contributed by atoms with Gasteiger partial charge in [-0.15, -0.1) is 0 Å². The molecule has 1 fully saturated rings. The van der Waals surface area contributed by atoms with Crippen LogP contribution in [0.5, 0.6) is 5.75 Å². The van der Waals surface area contributed by atoms with E-state index in [1.54, 1.807) is 30.3 Å². The number of thioether (sulfide) groups is 1. The number of benzene rings is 3. The van der Waals surface area contributed by atoms with Gasteiger partial charge < -0.3 is 4.74 Å². The topological polar surface area (TPSA) is 89.7 Å². The fourth-order valence-corrected chi connectivity index (χ4v) is 4.25. The molecule has 9 heteroatoms. The van der Waals surface area contributed by atoms with Crippen LogP contribution < -0.4 is 4.74 Å². The van der Waals surface area contributed by atoms with Crippen LogP contribution in [0.3, 0.4) is 0 Å². The van der Waals surface area contributed by atoms with Crippen LogP contribution in [0.2, 0.25) is 0 Å². The van der Waals surface area contributed by atoms with Crippen LogP contribution in [0, 0.1) is 10.1 Å². The Morgan fingerprint density at radius 1 is 0.970 bits per heavy atom. The lowest BCUT2D eigenvalue weighted by Gasteiger charge is -2.12. The molecule has 0 spiro atoms. The van der Waals surface area contributed by atoms with Crippen molar-refractivity contribution in [1.82, 2.24) is 4.90 Å². The molecular formula is C24H17BrN2O5S. The number of para-hydroxylation sites is 1. The largest absolute Gasteiger partial charge is 0.488 e. The van der Waals surface area contributed by atoms with E-state index in [4.69, 9.17) is 4.74 Å². The summed E-state index contributed by atoms with van der Waals surface area (Å²) in [6.07, 6.45) is 1.65. The maximum atomic E-state index is 12.9. The molecule has 1 heterocycles. The monoisotopic (exact) mass is 524 g/mol. The Balaban J connectivity index is 1.48. The summed E-state index contributed by atoms with van der Waals surface area (Å²) >= 11 is 4.27. The zero-order valence-electron chi connectivity index (χ0n) is 17.1. The lowest BCUT2D eigenvalue weighted by Crippen LogP contribution is -2.27.